The largest absolute Gasteiger partial charge is 0.457 e. The third kappa shape index (κ3) is 4.94. The molecule has 8 aromatic carbocycles. The van der Waals surface area contributed by atoms with E-state index in [-0.39, 0.29) is 0 Å². The summed E-state index contributed by atoms with van der Waals surface area (Å²) in [6, 6.07) is 61.8. The number of para-hydroxylation sites is 2. The van der Waals surface area contributed by atoms with Gasteiger partial charge >= 0.3 is 0 Å². The van der Waals surface area contributed by atoms with Crippen LogP contribution in [0.4, 0.5) is 0 Å². The lowest BCUT2D eigenvalue weighted by Crippen LogP contribution is -2.32. The van der Waals surface area contributed by atoms with Crippen molar-refractivity contribution in [3.8, 4) is 79.9 Å². The Bertz CT molecular complexity index is 3350. The minimum absolute atomic E-state index is 0.409. The smallest absolute Gasteiger partial charge is 0.227 e. The molecule has 0 saturated heterocycles. The summed E-state index contributed by atoms with van der Waals surface area (Å²) in [6.07, 6.45) is 0. The molecular weight excluding hydrogens is 741 g/mol. The zero-order valence-electron chi connectivity index (χ0n) is 31.7. The number of hydrogen-bond acceptors (Lipinski definition) is 7. The van der Waals surface area contributed by atoms with Crippen molar-refractivity contribution in [1.82, 2.24) is 9.97 Å². The SMILES string of the molecule is N#Cc1ccc2oc(-c3cc(-c4ccc(-c5ccc6c(c5)C5(c7ccccc7Oc7ccccc75)c5ccccc5-6)cc4)cc(-c4nc5cc(C#N)ccc5o4)c3)nc2c1. The van der Waals surface area contributed by atoms with Crippen molar-refractivity contribution in [3.05, 3.63) is 203 Å². The maximum atomic E-state index is 9.49. The molecule has 0 saturated carbocycles. The first kappa shape index (κ1) is 33.6. The molecule has 7 nitrogen and oxygen atoms in total. The number of nitriles is 2. The predicted octanol–water partition coefficient (Wildman–Crippen LogP) is 12.8. The van der Waals surface area contributed by atoms with E-state index >= 15 is 0 Å². The van der Waals surface area contributed by atoms with E-state index in [4.69, 9.17) is 23.5 Å². The van der Waals surface area contributed by atoms with E-state index in [0.717, 1.165) is 56.0 Å². The van der Waals surface area contributed by atoms with Crippen LogP contribution in [0.5, 0.6) is 11.5 Å². The Labute approximate surface area is 343 Å². The standard InChI is InChI=1S/C53H28N4O3/c54-29-31-13-21-49-45(23-31)56-51(59-49)37-25-36(26-38(27-37)52-57-46-24-32(30-55)14-22-50(46)60-52)34-17-15-33(16-18-34)35-19-20-40-39-7-1-2-8-41(39)53(44(40)28-35)42-9-3-5-11-47(42)58-48-12-6-4-10-43(48)53/h1-28H. The van der Waals surface area contributed by atoms with Gasteiger partial charge in [0.2, 0.25) is 11.8 Å². The second kappa shape index (κ2) is 12.7. The molecule has 7 heteroatoms. The Morgan fingerprint density at radius 3 is 1.47 bits per heavy atom. The van der Waals surface area contributed by atoms with Gasteiger partial charge in [0.25, 0.3) is 0 Å². The lowest BCUT2D eigenvalue weighted by molar-refractivity contribution is 0.436. The highest BCUT2D eigenvalue weighted by molar-refractivity contribution is 5.91. The lowest BCUT2D eigenvalue weighted by atomic mass is 9.66. The Morgan fingerprint density at radius 2 is 0.883 bits per heavy atom. The van der Waals surface area contributed by atoms with Gasteiger partial charge in [-0.2, -0.15) is 10.5 Å². The molecule has 278 valence electrons. The van der Waals surface area contributed by atoms with Crippen molar-refractivity contribution in [2.24, 2.45) is 0 Å². The molecule has 1 aliphatic heterocycles. The van der Waals surface area contributed by atoms with E-state index in [1.54, 1.807) is 36.4 Å². The fraction of sp³-hybridized carbons (Fsp3) is 0.0189. The van der Waals surface area contributed by atoms with Crippen LogP contribution < -0.4 is 4.74 Å². The maximum absolute atomic E-state index is 9.49. The molecule has 0 atom stereocenters. The van der Waals surface area contributed by atoms with E-state index in [1.807, 2.05) is 30.3 Å². The number of ether oxygens (including phenoxy) is 1. The summed E-state index contributed by atoms with van der Waals surface area (Å²) in [5.74, 6) is 2.55. The van der Waals surface area contributed by atoms with Gasteiger partial charge in [0.15, 0.2) is 11.2 Å². The van der Waals surface area contributed by atoms with Gasteiger partial charge < -0.3 is 13.6 Å². The molecule has 10 aromatic rings. The highest BCUT2D eigenvalue weighted by Gasteiger charge is 2.51. The quantitative estimate of drug-likeness (QED) is 0.175. The average molecular weight is 769 g/mol. The molecule has 0 bridgehead atoms. The Hall–Kier alpha value is -8.52. The van der Waals surface area contributed by atoms with Gasteiger partial charge in [-0.1, -0.05) is 97.1 Å². The van der Waals surface area contributed by atoms with Crippen LogP contribution in [0.25, 0.3) is 78.5 Å². The van der Waals surface area contributed by atoms with Crippen LogP contribution in [0.3, 0.4) is 0 Å². The molecule has 1 aliphatic carbocycles. The van der Waals surface area contributed by atoms with E-state index in [9.17, 15) is 10.5 Å². The van der Waals surface area contributed by atoms with Crippen molar-refractivity contribution < 1.29 is 13.6 Å². The molecule has 0 N–H and O–H groups in total. The van der Waals surface area contributed by atoms with Gasteiger partial charge in [-0.05, 0) is 117 Å². The number of hydrogen-bond donors (Lipinski definition) is 0. The third-order valence-corrected chi connectivity index (χ3v) is 11.9. The van der Waals surface area contributed by atoms with Crippen molar-refractivity contribution in [3.63, 3.8) is 0 Å². The van der Waals surface area contributed by atoms with Gasteiger partial charge in [-0.25, -0.2) is 9.97 Å². The zero-order valence-corrected chi connectivity index (χ0v) is 31.7. The van der Waals surface area contributed by atoms with Gasteiger partial charge in [-0.3, -0.25) is 0 Å². The average Bonchev–Trinajstić information content (AvgIpc) is 4.02. The van der Waals surface area contributed by atoms with Gasteiger partial charge in [0.1, 0.15) is 22.5 Å². The van der Waals surface area contributed by atoms with Crippen LogP contribution in [-0.2, 0) is 5.41 Å². The third-order valence-electron chi connectivity index (χ3n) is 11.9. The molecule has 3 heterocycles. The minimum atomic E-state index is -0.550. The number of nitrogens with zero attached hydrogens (tertiary/aromatic N) is 4. The van der Waals surface area contributed by atoms with Crippen molar-refractivity contribution in [2.75, 3.05) is 0 Å². The summed E-state index contributed by atoms with van der Waals surface area (Å²) >= 11 is 0. The maximum Gasteiger partial charge on any atom is 0.227 e. The molecule has 0 fully saturated rings. The number of fused-ring (bicyclic) bond motifs is 11. The number of rotatable bonds is 4. The van der Waals surface area contributed by atoms with Crippen LogP contribution >= 0.6 is 0 Å². The fourth-order valence-electron chi connectivity index (χ4n) is 9.17. The summed E-state index contributed by atoms with van der Waals surface area (Å²) in [5, 5.41) is 19.0. The molecular formula is C53H28N4O3. The van der Waals surface area contributed by atoms with E-state index in [1.165, 1.54) is 22.3 Å². The molecule has 0 unspecified atom stereocenters. The van der Waals surface area contributed by atoms with Gasteiger partial charge in [0, 0.05) is 22.3 Å². The first-order valence-corrected chi connectivity index (χ1v) is 19.6. The summed E-state index contributed by atoms with van der Waals surface area (Å²) in [5.41, 5.74) is 15.5. The summed E-state index contributed by atoms with van der Waals surface area (Å²) in [6.45, 7) is 0. The van der Waals surface area contributed by atoms with Gasteiger partial charge in [0.05, 0.1) is 28.7 Å². The molecule has 60 heavy (non-hydrogen) atoms. The fourth-order valence-corrected chi connectivity index (χ4v) is 9.17. The summed E-state index contributed by atoms with van der Waals surface area (Å²) in [4.78, 5) is 9.55. The highest BCUT2D eigenvalue weighted by Crippen LogP contribution is 2.62. The van der Waals surface area contributed by atoms with Crippen LogP contribution in [0.2, 0.25) is 0 Å². The predicted molar refractivity (Wildman–Crippen MR) is 230 cm³/mol. The van der Waals surface area contributed by atoms with E-state index < -0.39 is 5.41 Å². The zero-order chi connectivity index (χ0) is 40.0. The van der Waals surface area contributed by atoms with Crippen LogP contribution in [-0.4, -0.2) is 9.97 Å². The minimum Gasteiger partial charge on any atom is -0.457 e. The van der Waals surface area contributed by atoms with E-state index in [2.05, 4.69) is 115 Å². The number of aromatic nitrogens is 2. The monoisotopic (exact) mass is 768 g/mol. The first-order chi connectivity index (χ1) is 29.6. The Balaban J connectivity index is 0.986. The summed E-state index contributed by atoms with van der Waals surface area (Å²) < 4.78 is 19.0. The second-order valence-corrected chi connectivity index (χ2v) is 15.2. The molecule has 2 aromatic heterocycles. The Morgan fingerprint density at radius 1 is 0.400 bits per heavy atom. The molecule has 0 amide bonds. The number of oxazole rings is 2. The van der Waals surface area contributed by atoms with Crippen molar-refractivity contribution in [2.45, 2.75) is 5.41 Å². The lowest BCUT2D eigenvalue weighted by Gasteiger charge is -2.39. The van der Waals surface area contributed by atoms with Crippen LogP contribution in [0, 0.1) is 22.7 Å². The van der Waals surface area contributed by atoms with Crippen molar-refractivity contribution >= 4 is 22.2 Å². The molecule has 12 rings (SSSR count). The topological polar surface area (TPSA) is 109 Å². The molecule has 1 spiro atoms. The second-order valence-electron chi connectivity index (χ2n) is 15.2. The van der Waals surface area contributed by atoms with E-state index in [0.29, 0.717) is 45.1 Å². The van der Waals surface area contributed by atoms with Crippen molar-refractivity contribution in [1.29, 1.82) is 10.5 Å². The van der Waals surface area contributed by atoms with Gasteiger partial charge in [-0.15, -0.1) is 0 Å². The molecule has 0 radical (unpaired) electrons. The first-order valence-electron chi connectivity index (χ1n) is 19.6. The highest BCUT2D eigenvalue weighted by atomic mass is 16.5. The Kier molecular flexibility index (Phi) is 7.14. The molecule has 2 aliphatic rings. The van der Waals surface area contributed by atoms with Crippen LogP contribution in [0.15, 0.2) is 179 Å². The summed E-state index contributed by atoms with van der Waals surface area (Å²) in [7, 11) is 0. The normalized spacial score (nSPS) is 12.9. The van der Waals surface area contributed by atoms with Crippen LogP contribution in [0.1, 0.15) is 33.4 Å². The number of benzene rings is 8.